The van der Waals surface area contributed by atoms with Gasteiger partial charge in [-0.2, -0.15) is 0 Å². The molecule has 4 fully saturated rings. The van der Waals surface area contributed by atoms with Crippen molar-refractivity contribution in [1.82, 2.24) is 0 Å². The second-order valence-corrected chi connectivity index (χ2v) is 21.0. The third kappa shape index (κ3) is 15.3. The average Bonchev–Trinajstić information content (AvgIpc) is 4.14. The SMILES string of the molecule is C=CCc1cc(C(C)(C)c2cc(CC=C)c(OCC3CO3)c(CC=C)c2)ccc1OCC1CO1.CCCCc1cc(C(C)(C)c2cc(CCCC)c(OCC3CO3)c(CCCC)c2)ccc1OCC1CO1. The van der Waals surface area contributed by atoms with E-state index in [1.54, 1.807) is 0 Å². The number of benzene rings is 4. The molecule has 0 bridgehead atoms. The van der Waals surface area contributed by atoms with Gasteiger partial charge in [-0.15, -0.1) is 19.7 Å². The lowest BCUT2D eigenvalue weighted by molar-refractivity contribution is 0.258. The Labute approximate surface area is 427 Å². The van der Waals surface area contributed by atoms with E-state index in [9.17, 15) is 0 Å². The van der Waals surface area contributed by atoms with Crippen molar-refractivity contribution in [1.29, 1.82) is 0 Å². The Morgan fingerprint density at radius 3 is 1.13 bits per heavy atom. The van der Waals surface area contributed by atoms with Crippen molar-refractivity contribution in [3.8, 4) is 23.0 Å². The third-order valence-electron chi connectivity index (χ3n) is 14.3. The standard InChI is InChI=1S/C33H48O4.C30H36O4/c1-6-9-12-24-17-27(15-16-31(24)36-22-29-20-34-29)33(4,5)28-18-25(13-10-7-2)32(37-23-30-21-35-30)26(19-28)14-11-8-3;1-6-9-21-14-24(12-13-28(21)33-19-26-17-31-26)30(4,5)25-15-22(10-7-2)29(23(16-25)11-8-3)34-20-27-18-32-27/h15-19,29-30H,6-14,20-23H2,1-5H3;6-8,12-16,26-27H,1-3,9-11,17-20H2,4-5H3. The van der Waals surface area contributed by atoms with E-state index in [1.807, 2.05) is 18.2 Å². The Balaban J connectivity index is 0.000000209. The number of hydrogen-bond donors (Lipinski definition) is 0. The van der Waals surface area contributed by atoms with Crippen LogP contribution in [0.5, 0.6) is 23.0 Å². The van der Waals surface area contributed by atoms with Crippen molar-refractivity contribution in [2.45, 2.75) is 161 Å². The second kappa shape index (κ2) is 25.7. The van der Waals surface area contributed by atoms with E-state index < -0.39 is 0 Å². The molecule has 4 aliphatic heterocycles. The Bertz CT molecular complexity index is 2320. The first kappa shape index (κ1) is 53.9. The van der Waals surface area contributed by atoms with Crippen molar-refractivity contribution in [2.24, 2.45) is 0 Å². The highest BCUT2D eigenvalue weighted by molar-refractivity contribution is 5.54. The molecular weight excluding hydrogens is 885 g/mol. The van der Waals surface area contributed by atoms with Crippen molar-refractivity contribution < 1.29 is 37.9 Å². The smallest absolute Gasteiger partial charge is 0.126 e. The third-order valence-corrected chi connectivity index (χ3v) is 14.3. The molecular formula is C63H84O8. The molecule has 0 amide bonds. The van der Waals surface area contributed by atoms with Gasteiger partial charge in [-0.25, -0.2) is 0 Å². The van der Waals surface area contributed by atoms with Gasteiger partial charge in [0.1, 0.15) is 73.8 Å². The van der Waals surface area contributed by atoms with Gasteiger partial charge >= 0.3 is 0 Å². The number of epoxide rings is 4. The maximum absolute atomic E-state index is 6.44. The Morgan fingerprint density at radius 1 is 0.437 bits per heavy atom. The van der Waals surface area contributed by atoms with E-state index >= 15 is 0 Å². The zero-order valence-corrected chi connectivity index (χ0v) is 44.3. The summed E-state index contributed by atoms with van der Waals surface area (Å²) in [5, 5.41) is 0. The summed E-state index contributed by atoms with van der Waals surface area (Å²) in [6, 6.07) is 22.7. The lowest BCUT2D eigenvalue weighted by atomic mass is 9.75. The molecule has 0 radical (unpaired) electrons. The molecule has 4 aromatic carbocycles. The minimum atomic E-state index is -0.224. The Hall–Kier alpha value is -4.86. The normalized spacial score (nSPS) is 18.7. The summed E-state index contributed by atoms with van der Waals surface area (Å²) in [5.41, 5.74) is 12.3. The molecule has 0 N–H and O–H groups in total. The number of unbranched alkanes of at least 4 members (excludes halogenated alkanes) is 3. The van der Waals surface area contributed by atoms with Crippen LogP contribution in [0.3, 0.4) is 0 Å². The Morgan fingerprint density at radius 2 is 0.746 bits per heavy atom. The van der Waals surface area contributed by atoms with Gasteiger partial charge in [0, 0.05) is 10.8 Å². The van der Waals surface area contributed by atoms with Crippen LogP contribution in [0.15, 0.2) is 98.6 Å². The van der Waals surface area contributed by atoms with Crippen molar-refractivity contribution in [2.75, 3.05) is 52.9 Å². The Kier molecular flexibility index (Phi) is 19.5. The van der Waals surface area contributed by atoms with Crippen LogP contribution in [-0.2, 0) is 68.3 Å². The summed E-state index contributed by atoms with van der Waals surface area (Å²) in [6.45, 7) is 33.6. The van der Waals surface area contributed by atoms with Gasteiger partial charge < -0.3 is 37.9 Å². The summed E-state index contributed by atoms with van der Waals surface area (Å²) in [6.07, 6.45) is 19.2. The molecule has 4 aliphatic rings. The van der Waals surface area contributed by atoms with Gasteiger partial charge in [-0.1, -0.05) is 134 Å². The molecule has 8 rings (SSSR count). The van der Waals surface area contributed by atoms with Crippen LogP contribution in [0.4, 0.5) is 0 Å². The van der Waals surface area contributed by atoms with Crippen LogP contribution in [0.1, 0.15) is 143 Å². The first-order valence-electron chi connectivity index (χ1n) is 26.8. The molecule has 4 heterocycles. The summed E-state index contributed by atoms with van der Waals surface area (Å²) >= 11 is 0. The number of rotatable bonds is 31. The first-order chi connectivity index (χ1) is 34.4. The first-order valence-corrected chi connectivity index (χ1v) is 26.8. The van der Waals surface area contributed by atoms with Gasteiger partial charge in [0.15, 0.2) is 0 Å². The highest BCUT2D eigenvalue weighted by Gasteiger charge is 2.31. The van der Waals surface area contributed by atoms with Gasteiger partial charge in [-0.05, 0) is 126 Å². The fourth-order valence-electron chi connectivity index (χ4n) is 9.13. The van der Waals surface area contributed by atoms with E-state index in [2.05, 4.69) is 129 Å². The van der Waals surface area contributed by atoms with E-state index in [4.69, 9.17) is 37.9 Å². The fraction of sp³-hybridized carbons (Fsp3) is 0.524. The topological polar surface area (TPSA) is 87.0 Å². The summed E-state index contributed by atoms with van der Waals surface area (Å²) in [4.78, 5) is 0. The van der Waals surface area contributed by atoms with Crippen LogP contribution in [0.25, 0.3) is 0 Å². The largest absolute Gasteiger partial charge is 0.491 e. The molecule has 4 saturated heterocycles. The molecule has 0 spiro atoms. The predicted octanol–water partition coefficient (Wildman–Crippen LogP) is 13.3. The summed E-state index contributed by atoms with van der Waals surface area (Å²) in [7, 11) is 0. The molecule has 0 aromatic heterocycles. The molecule has 0 saturated carbocycles. The zero-order chi connectivity index (χ0) is 50.4. The van der Waals surface area contributed by atoms with Crippen molar-refractivity contribution in [3.05, 3.63) is 154 Å². The maximum Gasteiger partial charge on any atom is 0.126 e. The van der Waals surface area contributed by atoms with Crippen LogP contribution < -0.4 is 18.9 Å². The van der Waals surface area contributed by atoms with Gasteiger partial charge in [0.05, 0.1) is 26.4 Å². The highest BCUT2D eigenvalue weighted by atomic mass is 16.6. The molecule has 4 atom stereocenters. The van der Waals surface area contributed by atoms with Gasteiger partial charge in [0.25, 0.3) is 0 Å². The van der Waals surface area contributed by atoms with E-state index in [-0.39, 0.29) is 35.2 Å². The highest BCUT2D eigenvalue weighted by Crippen LogP contribution is 2.41. The van der Waals surface area contributed by atoms with Crippen molar-refractivity contribution in [3.63, 3.8) is 0 Å². The number of allylic oxidation sites excluding steroid dienone is 3. The van der Waals surface area contributed by atoms with Gasteiger partial charge in [0.2, 0.25) is 0 Å². The predicted molar refractivity (Wildman–Crippen MR) is 289 cm³/mol. The molecule has 8 nitrogen and oxygen atoms in total. The van der Waals surface area contributed by atoms with Crippen LogP contribution >= 0.6 is 0 Å². The lowest BCUT2D eigenvalue weighted by Gasteiger charge is -2.30. The lowest BCUT2D eigenvalue weighted by Crippen LogP contribution is -2.21. The quantitative estimate of drug-likeness (QED) is 0.0364. The second-order valence-electron chi connectivity index (χ2n) is 21.0. The molecule has 4 unspecified atom stereocenters. The van der Waals surface area contributed by atoms with Gasteiger partial charge in [-0.3, -0.25) is 0 Å². The summed E-state index contributed by atoms with van der Waals surface area (Å²) in [5.74, 6) is 3.97. The molecule has 0 aliphatic carbocycles. The minimum absolute atomic E-state index is 0.126. The van der Waals surface area contributed by atoms with Crippen molar-refractivity contribution >= 4 is 0 Å². The molecule has 4 aromatic rings. The molecule has 8 heteroatoms. The van der Waals surface area contributed by atoms with E-state index in [0.29, 0.717) is 26.4 Å². The number of hydrogen-bond acceptors (Lipinski definition) is 8. The zero-order valence-electron chi connectivity index (χ0n) is 44.3. The minimum Gasteiger partial charge on any atom is -0.491 e. The maximum atomic E-state index is 6.44. The molecule has 384 valence electrons. The van der Waals surface area contributed by atoms with Crippen LogP contribution in [0, 0.1) is 0 Å². The van der Waals surface area contributed by atoms with Crippen LogP contribution in [0.2, 0.25) is 0 Å². The van der Waals surface area contributed by atoms with E-state index in [0.717, 1.165) is 105 Å². The number of ether oxygens (including phenoxy) is 8. The fourth-order valence-corrected chi connectivity index (χ4v) is 9.13. The average molecular weight is 969 g/mol. The summed E-state index contributed by atoms with van der Waals surface area (Å²) < 4.78 is 46.3. The monoisotopic (exact) mass is 969 g/mol. The van der Waals surface area contributed by atoms with E-state index in [1.165, 1.54) is 77.5 Å². The van der Waals surface area contributed by atoms with Crippen LogP contribution in [-0.4, -0.2) is 77.3 Å². The number of aryl methyl sites for hydroxylation is 3. The molecule has 71 heavy (non-hydrogen) atoms.